The smallest absolute Gasteiger partial charge is 0.252 e. The number of nitrogens with one attached hydrogen (secondary N) is 4. The summed E-state index contributed by atoms with van der Waals surface area (Å²) in [6, 6.07) is 10.4. The Morgan fingerprint density at radius 2 is 1.79 bits per heavy atom. The fourth-order valence-electron chi connectivity index (χ4n) is 4.24. The van der Waals surface area contributed by atoms with Crippen LogP contribution in [0.3, 0.4) is 0 Å². The van der Waals surface area contributed by atoms with Crippen LogP contribution < -0.4 is 21.3 Å². The molecule has 8 heteroatoms. The van der Waals surface area contributed by atoms with Gasteiger partial charge >= 0.3 is 0 Å². The summed E-state index contributed by atoms with van der Waals surface area (Å²) < 4.78 is 0. The van der Waals surface area contributed by atoms with E-state index in [0.717, 1.165) is 37.1 Å². The van der Waals surface area contributed by atoms with Crippen molar-refractivity contribution in [3.63, 3.8) is 0 Å². The van der Waals surface area contributed by atoms with Gasteiger partial charge < -0.3 is 21.3 Å². The molecule has 33 heavy (non-hydrogen) atoms. The van der Waals surface area contributed by atoms with Crippen molar-refractivity contribution < 1.29 is 14.4 Å². The van der Waals surface area contributed by atoms with Gasteiger partial charge in [-0.2, -0.15) is 0 Å². The first-order valence-corrected chi connectivity index (χ1v) is 11.7. The van der Waals surface area contributed by atoms with Crippen LogP contribution in [0.2, 0.25) is 0 Å². The Balaban J connectivity index is 1.42. The summed E-state index contributed by atoms with van der Waals surface area (Å²) in [7, 11) is 0. The third kappa shape index (κ3) is 6.78. The normalized spacial score (nSPS) is 16.6. The van der Waals surface area contributed by atoms with Crippen LogP contribution in [0.4, 0.5) is 17.2 Å². The van der Waals surface area contributed by atoms with E-state index in [1.165, 1.54) is 19.8 Å². The zero-order valence-electron chi connectivity index (χ0n) is 18.9. The highest BCUT2D eigenvalue weighted by Crippen LogP contribution is 2.29. The highest BCUT2D eigenvalue weighted by atomic mass is 16.2. The number of pyridine rings is 1. The van der Waals surface area contributed by atoms with Crippen molar-refractivity contribution in [2.75, 3.05) is 10.6 Å². The molecule has 2 fully saturated rings. The number of amides is 3. The fourth-order valence-corrected chi connectivity index (χ4v) is 4.24. The van der Waals surface area contributed by atoms with Gasteiger partial charge in [0.1, 0.15) is 11.9 Å². The Hall–Kier alpha value is -3.42. The Labute approximate surface area is 193 Å². The standard InChI is InChI=1S/C25H31N5O3/c1-16(31)27-23-15-21(11-12-26-23)28-20-8-4-7-18(14-20)24(32)30-22(13-17-5-2-3-6-17)25(33)29-19-9-10-19/h4,7-8,11-12,14-15,17,19,22H,2-3,5-6,9-10,13H2,1H3,(H,29,33)(H,30,32)(H2,26,27,28,31)/t22-/m0/s1. The Morgan fingerprint density at radius 3 is 2.52 bits per heavy atom. The predicted molar refractivity (Wildman–Crippen MR) is 127 cm³/mol. The molecule has 0 saturated heterocycles. The van der Waals surface area contributed by atoms with E-state index < -0.39 is 6.04 Å². The molecule has 2 aliphatic rings. The van der Waals surface area contributed by atoms with Crippen LogP contribution in [0.25, 0.3) is 0 Å². The average Bonchev–Trinajstić information content (AvgIpc) is 3.44. The fraction of sp³-hybridized carbons (Fsp3) is 0.440. The summed E-state index contributed by atoms with van der Waals surface area (Å²) in [4.78, 5) is 41.2. The van der Waals surface area contributed by atoms with Crippen LogP contribution in [-0.2, 0) is 9.59 Å². The first-order valence-electron chi connectivity index (χ1n) is 11.7. The SMILES string of the molecule is CC(=O)Nc1cc(Nc2cccc(C(=O)N[C@@H](CC3CCCC3)C(=O)NC3CC3)c2)ccn1. The van der Waals surface area contributed by atoms with E-state index in [4.69, 9.17) is 0 Å². The van der Waals surface area contributed by atoms with Crippen LogP contribution >= 0.6 is 0 Å². The number of hydrogen-bond acceptors (Lipinski definition) is 5. The minimum atomic E-state index is -0.516. The van der Waals surface area contributed by atoms with Gasteiger partial charge in [0, 0.05) is 42.2 Å². The molecule has 1 aromatic heterocycles. The second-order valence-electron chi connectivity index (χ2n) is 9.01. The van der Waals surface area contributed by atoms with Crippen molar-refractivity contribution in [3.8, 4) is 0 Å². The lowest BCUT2D eigenvalue weighted by Gasteiger charge is -2.21. The predicted octanol–water partition coefficient (Wildman–Crippen LogP) is 3.74. The third-order valence-electron chi connectivity index (χ3n) is 6.07. The maximum Gasteiger partial charge on any atom is 0.252 e. The molecule has 0 aliphatic heterocycles. The van der Waals surface area contributed by atoms with Crippen LogP contribution in [0, 0.1) is 5.92 Å². The van der Waals surface area contributed by atoms with Gasteiger partial charge in [0.05, 0.1) is 0 Å². The summed E-state index contributed by atoms with van der Waals surface area (Å²) >= 11 is 0. The zero-order valence-corrected chi connectivity index (χ0v) is 18.9. The van der Waals surface area contributed by atoms with Crippen molar-refractivity contribution in [1.29, 1.82) is 0 Å². The molecular formula is C25H31N5O3. The molecule has 8 nitrogen and oxygen atoms in total. The van der Waals surface area contributed by atoms with Crippen molar-refractivity contribution in [3.05, 3.63) is 48.2 Å². The summed E-state index contributed by atoms with van der Waals surface area (Å²) in [6.07, 6.45) is 8.94. The number of carbonyl (C=O) groups is 3. The van der Waals surface area contributed by atoms with E-state index in [9.17, 15) is 14.4 Å². The molecule has 1 atom stereocenters. The van der Waals surface area contributed by atoms with Crippen molar-refractivity contribution in [2.45, 2.75) is 64.0 Å². The van der Waals surface area contributed by atoms with Crippen molar-refractivity contribution in [1.82, 2.24) is 15.6 Å². The summed E-state index contributed by atoms with van der Waals surface area (Å²) in [6.45, 7) is 1.43. The number of rotatable bonds is 9. The van der Waals surface area contributed by atoms with Gasteiger partial charge in [-0.25, -0.2) is 4.98 Å². The average molecular weight is 450 g/mol. The number of anilines is 3. The number of carbonyl (C=O) groups excluding carboxylic acids is 3. The van der Waals surface area contributed by atoms with E-state index in [1.54, 1.807) is 36.5 Å². The maximum absolute atomic E-state index is 13.0. The van der Waals surface area contributed by atoms with Crippen molar-refractivity contribution in [2.24, 2.45) is 5.92 Å². The van der Waals surface area contributed by atoms with Crippen LogP contribution in [0.5, 0.6) is 0 Å². The van der Waals surface area contributed by atoms with Gasteiger partial charge in [-0.3, -0.25) is 14.4 Å². The molecule has 0 unspecified atom stereocenters. The van der Waals surface area contributed by atoms with E-state index in [-0.39, 0.29) is 23.8 Å². The zero-order chi connectivity index (χ0) is 23.2. The molecule has 3 amide bonds. The first kappa shape index (κ1) is 22.8. The van der Waals surface area contributed by atoms with Crippen molar-refractivity contribution >= 4 is 34.9 Å². The molecule has 0 spiro atoms. The second-order valence-corrected chi connectivity index (χ2v) is 9.01. The van der Waals surface area contributed by atoms with Crippen LogP contribution in [0.1, 0.15) is 62.2 Å². The van der Waals surface area contributed by atoms with Gasteiger partial charge in [-0.05, 0) is 49.4 Å². The lowest BCUT2D eigenvalue weighted by atomic mass is 9.97. The van der Waals surface area contributed by atoms with E-state index in [1.807, 2.05) is 6.07 Å². The topological polar surface area (TPSA) is 112 Å². The number of hydrogen-bond donors (Lipinski definition) is 4. The maximum atomic E-state index is 13.0. The summed E-state index contributed by atoms with van der Waals surface area (Å²) in [5, 5.41) is 11.9. The lowest BCUT2D eigenvalue weighted by molar-refractivity contribution is -0.123. The van der Waals surface area contributed by atoms with Crippen LogP contribution in [-0.4, -0.2) is 34.8 Å². The second kappa shape index (κ2) is 10.5. The number of nitrogens with zero attached hydrogens (tertiary/aromatic N) is 1. The number of benzene rings is 1. The highest BCUT2D eigenvalue weighted by molar-refractivity contribution is 5.98. The van der Waals surface area contributed by atoms with E-state index >= 15 is 0 Å². The Kier molecular flexibility index (Phi) is 7.22. The van der Waals surface area contributed by atoms with E-state index in [0.29, 0.717) is 23.7 Å². The monoisotopic (exact) mass is 449 g/mol. The Morgan fingerprint density at radius 1 is 1.03 bits per heavy atom. The molecule has 2 aromatic rings. The largest absolute Gasteiger partial charge is 0.355 e. The number of aromatic nitrogens is 1. The third-order valence-corrected chi connectivity index (χ3v) is 6.07. The molecule has 174 valence electrons. The van der Waals surface area contributed by atoms with Gasteiger partial charge in [0.25, 0.3) is 5.91 Å². The molecule has 2 aliphatic carbocycles. The van der Waals surface area contributed by atoms with Gasteiger partial charge in [-0.1, -0.05) is 31.7 Å². The molecular weight excluding hydrogens is 418 g/mol. The minimum Gasteiger partial charge on any atom is -0.355 e. The highest BCUT2D eigenvalue weighted by Gasteiger charge is 2.31. The van der Waals surface area contributed by atoms with Gasteiger partial charge in [0.2, 0.25) is 11.8 Å². The molecule has 1 aromatic carbocycles. The minimum absolute atomic E-state index is 0.0747. The summed E-state index contributed by atoms with van der Waals surface area (Å²) in [5.74, 6) is 0.391. The quantitative estimate of drug-likeness (QED) is 0.466. The molecule has 4 N–H and O–H groups in total. The van der Waals surface area contributed by atoms with Gasteiger partial charge in [-0.15, -0.1) is 0 Å². The lowest BCUT2D eigenvalue weighted by Crippen LogP contribution is -2.48. The summed E-state index contributed by atoms with van der Waals surface area (Å²) in [5.41, 5.74) is 1.93. The molecule has 1 heterocycles. The van der Waals surface area contributed by atoms with Gasteiger partial charge in [0.15, 0.2) is 0 Å². The molecule has 2 saturated carbocycles. The Bertz CT molecular complexity index is 1010. The first-order chi connectivity index (χ1) is 16.0. The molecule has 0 radical (unpaired) electrons. The molecule has 0 bridgehead atoms. The van der Waals surface area contributed by atoms with Crippen LogP contribution in [0.15, 0.2) is 42.6 Å². The molecule has 4 rings (SSSR count). The van der Waals surface area contributed by atoms with E-state index in [2.05, 4.69) is 26.3 Å².